The van der Waals surface area contributed by atoms with Gasteiger partial charge in [-0.3, -0.25) is 0 Å². The van der Waals surface area contributed by atoms with E-state index in [2.05, 4.69) is 73.6 Å². The average molecular weight is 411 g/mol. The van der Waals surface area contributed by atoms with Gasteiger partial charge in [0.2, 0.25) is 0 Å². The lowest BCUT2D eigenvalue weighted by molar-refractivity contribution is 0.349. The number of rotatable bonds is 4. The molecule has 0 aliphatic carbocycles. The van der Waals surface area contributed by atoms with E-state index < -0.39 is 0 Å². The van der Waals surface area contributed by atoms with Crippen molar-refractivity contribution in [3.63, 3.8) is 0 Å². The quantitative estimate of drug-likeness (QED) is 0.791. The highest BCUT2D eigenvalue weighted by molar-refractivity contribution is 9.10. The van der Waals surface area contributed by atoms with Crippen LogP contribution in [0.25, 0.3) is 0 Å². The molecular formula is C17H17Br2NO. The molecule has 0 saturated heterocycles. The first-order chi connectivity index (χ1) is 10.2. The van der Waals surface area contributed by atoms with E-state index in [9.17, 15) is 0 Å². The van der Waals surface area contributed by atoms with E-state index in [1.165, 1.54) is 16.7 Å². The van der Waals surface area contributed by atoms with Crippen LogP contribution in [0.3, 0.4) is 0 Å². The fraction of sp³-hybridized carbons (Fsp3) is 0.294. The van der Waals surface area contributed by atoms with E-state index in [-0.39, 0.29) is 6.04 Å². The molecule has 0 bridgehead atoms. The predicted octanol–water partition coefficient (Wildman–Crippen LogP) is 4.65. The first-order valence-electron chi connectivity index (χ1n) is 7.04. The van der Waals surface area contributed by atoms with E-state index in [0.717, 1.165) is 34.1 Å². The molecule has 1 aliphatic heterocycles. The molecule has 0 radical (unpaired) electrons. The number of benzene rings is 2. The van der Waals surface area contributed by atoms with E-state index in [0.29, 0.717) is 0 Å². The molecule has 1 unspecified atom stereocenters. The lowest BCUT2D eigenvalue weighted by Crippen LogP contribution is -2.19. The molecule has 2 nitrogen and oxygen atoms in total. The summed E-state index contributed by atoms with van der Waals surface area (Å²) in [4.78, 5) is 0. The van der Waals surface area contributed by atoms with Crippen molar-refractivity contribution in [1.82, 2.24) is 5.32 Å². The lowest BCUT2D eigenvalue weighted by atomic mass is 9.96. The van der Waals surface area contributed by atoms with Gasteiger partial charge in [-0.25, -0.2) is 0 Å². The maximum Gasteiger partial charge on any atom is 0.127 e. The van der Waals surface area contributed by atoms with Gasteiger partial charge in [-0.1, -0.05) is 44.0 Å². The van der Waals surface area contributed by atoms with E-state index in [1.807, 2.05) is 7.05 Å². The van der Waals surface area contributed by atoms with Crippen molar-refractivity contribution in [1.29, 1.82) is 0 Å². The van der Waals surface area contributed by atoms with Gasteiger partial charge >= 0.3 is 0 Å². The Balaban J connectivity index is 1.94. The fourth-order valence-electron chi connectivity index (χ4n) is 2.82. The number of hydrogen-bond acceptors (Lipinski definition) is 2. The van der Waals surface area contributed by atoms with Crippen molar-refractivity contribution in [3.05, 3.63) is 62.0 Å². The Labute approximate surface area is 142 Å². The van der Waals surface area contributed by atoms with Crippen LogP contribution in [0, 0.1) is 0 Å². The van der Waals surface area contributed by atoms with Crippen LogP contribution in [0.4, 0.5) is 0 Å². The topological polar surface area (TPSA) is 21.3 Å². The Kier molecular flexibility index (Phi) is 4.67. The molecule has 0 saturated carbocycles. The molecule has 4 heteroatoms. The van der Waals surface area contributed by atoms with Gasteiger partial charge in [-0.05, 0) is 48.9 Å². The molecule has 0 aromatic heterocycles. The standard InChI is InChI=1S/C17H17Br2NO/c1-20-16(8-11-3-2-4-13(18)7-11)15-10-14(19)9-12-5-6-21-17(12)15/h2-4,7,9-10,16,20H,5-6,8H2,1H3. The molecular weight excluding hydrogens is 394 g/mol. The van der Waals surface area contributed by atoms with Crippen LogP contribution in [0.2, 0.25) is 0 Å². The van der Waals surface area contributed by atoms with Crippen molar-refractivity contribution in [2.24, 2.45) is 0 Å². The molecule has 0 fully saturated rings. The Morgan fingerprint density at radius 3 is 2.81 bits per heavy atom. The number of hydrogen-bond donors (Lipinski definition) is 1. The van der Waals surface area contributed by atoms with Crippen molar-refractivity contribution in [2.75, 3.05) is 13.7 Å². The van der Waals surface area contributed by atoms with Gasteiger partial charge in [0.15, 0.2) is 0 Å². The second-order valence-corrected chi connectivity index (χ2v) is 7.09. The highest BCUT2D eigenvalue weighted by Gasteiger charge is 2.22. The van der Waals surface area contributed by atoms with Crippen molar-refractivity contribution in [3.8, 4) is 5.75 Å². The molecule has 110 valence electrons. The van der Waals surface area contributed by atoms with Gasteiger partial charge < -0.3 is 10.1 Å². The number of fused-ring (bicyclic) bond motifs is 1. The van der Waals surface area contributed by atoms with Gasteiger partial charge in [0.1, 0.15) is 5.75 Å². The monoisotopic (exact) mass is 409 g/mol. The van der Waals surface area contributed by atoms with Crippen LogP contribution in [-0.2, 0) is 12.8 Å². The lowest BCUT2D eigenvalue weighted by Gasteiger charge is -2.20. The zero-order valence-corrected chi connectivity index (χ0v) is 15.0. The fourth-order valence-corrected chi connectivity index (χ4v) is 3.79. The summed E-state index contributed by atoms with van der Waals surface area (Å²) in [6, 6.07) is 13.0. The highest BCUT2D eigenvalue weighted by Crippen LogP contribution is 2.37. The minimum absolute atomic E-state index is 0.239. The van der Waals surface area contributed by atoms with Gasteiger partial charge in [0, 0.05) is 27.0 Å². The second kappa shape index (κ2) is 6.51. The molecule has 3 rings (SSSR count). The Bertz CT molecular complexity index is 657. The van der Waals surface area contributed by atoms with Crippen molar-refractivity contribution < 1.29 is 4.74 Å². The molecule has 1 aliphatic rings. The third-order valence-electron chi connectivity index (χ3n) is 3.83. The summed E-state index contributed by atoms with van der Waals surface area (Å²) in [5, 5.41) is 3.43. The van der Waals surface area contributed by atoms with Gasteiger partial charge in [0.25, 0.3) is 0 Å². The van der Waals surface area contributed by atoms with Crippen molar-refractivity contribution >= 4 is 31.9 Å². The Hall–Kier alpha value is -0.840. The third kappa shape index (κ3) is 3.33. The maximum atomic E-state index is 5.86. The van der Waals surface area contributed by atoms with Gasteiger partial charge in [-0.15, -0.1) is 0 Å². The Morgan fingerprint density at radius 1 is 1.19 bits per heavy atom. The number of ether oxygens (including phenoxy) is 1. The van der Waals surface area contributed by atoms with Crippen LogP contribution in [0.15, 0.2) is 45.3 Å². The zero-order chi connectivity index (χ0) is 14.8. The van der Waals surface area contributed by atoms with Crippen LogP contribution in [0.5, 0.6) is 5.75 Å². The summed E-state index contributed by atoms with van der Waals surface area (Å²) in [5.74, 6) is 1.06. The molecule has 1 heterocycles. The SMILES string of the molecule is CNC(Cc1cccc(Br)c1)c1cc(Br)cc2c1OCC2. The Morgan fingerprint density at radius 2 is 2.05 bits per heavy atom. The molecule has 21 heavy (non-hydrogen) atoms. The summed E-state index contributed by atoms with van der Waals surface area (Å²) in [6.07, 6.45) is 1.93. The van der Waals surface area contributed by atoms with Crippen LogP contribution in [0.1, 0.15) is 22.7 Å². The summed E-state index contributed by atoms with van der Waals surface area (Å²) in [6.45, 7) is 0.784. The largest absolute Gasteiger partial charge is 0.493 e. The first kappa shape index (κ1) is 15.1. The maximum absolute atomic E-state index is 5.86. The predicted molar refractivity (Wildman–Crippen MR) is 93.0 cm³/mol. The minimum atomic E-state index is 0.239. The van der Waals surface area contributed by atoms with E-state index in [1.54, 1.807) is 0 Å². The molecule has 1 N–H and O–H groups in total. The number of halogens is 2. The molecule has 0 amide bonds. The average Bonchev–Trinajstić information content (AvgIpc) is 2.92. The van der Waals surface area contributed by atoms with Crippen LogP contribution >= 0.6 is 31.9 Å². The molecule has 0 spiro atoms. The van der Waals surface area contributed by atoms with Gasteiger partial charge in [-0.2, -0.15) is 0 Å². The normalized spacial score (nSPS) is 14.6. The van der Waals surface area contributed by atoms with Gasteiger partial charge in [0.05, 0.1) is 6.61 Å². The second-order valence-electron chi connectivity index (χ2n) is 5.26. The summed E-state index contributed by atoms with van der Waals surface area (Å²) in [5.41, 5.74) is 3.84. The number of nitrogens with one attached hydrogen (secondary N) is 1. The van der Waals surface area contributed by atoms with E-state index >= 15 is 0 Å². The summed E-state index contributed by atoms with van der Waals surface area (Å²) < 4.78 is 8.10. The van der Waals surface area contributed by atoms with Crippen LogP contribution < -0.4 is 10.1 Å². The summed E-state index contributed by atoms with van der Waals surface area (Å²) in [7, 11) is 2.00. The number of likely N-dealkylation sites (N-methyl/N-ethyl adjacent to an activating group) is 1. The summed E-state index contributed by atoms with van der Waals surface area (Å²) >= 11 is 7.16. The smallest absolute Gasteiger partial charge is 0.127 e. The highest BCUT2D eigenvalue weighted by atomic mass is 79.9. The first-order valence-corrected chi connectivity index (χ1v) is 8.63. The van der Waals surface area contributed by atoms with Crippen molar-refractivity contribution in [2.45, 2.75) is 18.9 Å². The molecule has 2 aromatic rings. The third-order valence-corrected chi connectivity index (χ3v) is 4.78. The van der Waals surface area contributed by atoms with Crippen LogP contribution in [-0.4, -0.2) is 13.7 Å². The van der Waals surface area contributed by atoms with E-state index in [4.69, 9.17) is 4.74 Å². The zero-order valence-electron chi connectivity index (χ0n) is 11.8. The minimum Gasteiger partial charge on any atom is -0.493 e. The molecule has 2 aromatic carbocycles. The molecule has 1 atom stereocenters.